The number of nitro benzene ring substituents is 1. The number of carboxylic acids is 1. The highest BCUT2D eigenvalue weighted by Crippen LogP contribution is 2.35. The summed E-state index contributed by atoms with van der Waals surface area (Å²) in [6, 6.07) is 11.9. The molecule has 0 bridgehead atoms. The van der Waals surface area contributed by atoms with Crippen molar-refractivity contribution in [2.45, 2.75) is 0 Å². The van der Waals surface area contributed by atoms with Crippen LogP contribution in [0.15, 0.2) is 65.6 Å². The van der Waals surface area contributed by atoms with Gasteiger partial charge in [0, 0.05) is 12.1 Å². The summed E-state index contributed by atoms with van der Waals surface area (Å²) >= 11 is 6.41. The number of anilines is 1. The molecule has 2 aromatic carbocycles. The zero-order chi connectivity index (χ0) is 20.3. The number of rotatable bonds is 5. The van der Waals surface area contributed by atoms with Crippen molar-refractivity contribution in [2.24, 2.45) is 0 Å². The molecule has 1 amide bonds. The van der Waals surface area contributed by atoms with Crippen molar-refractivity contribution in [3.63, 3.8) is 0 Å². The lowest BCUT2D eigenvalue weighted by atomic mass is 10.2. The van der Waals surface area contributed by atoms with Crippen molar-refractivity contribution in [1.29, 1.82) is 0 Å². The molecule has 1 fully saturated rings. The fraction of sp³-hybridized carbons (Fsp3) is 0. The van der Waals surface area contributed by atoms with Crippen molar-refractivity contribution in [2.75, 3.05) is 4.90 Å². The average Bonchev–Trinajstić information content (AvgIpc) is 2.95. The van der Waals surface area contributed by atoms with Crippen LogP contribution in [0.3, 0.4) is 0 Å². The first-order valence-corrected chi connectivity index (χ1v) is 9.12. The molecular formula is C19H12N2O5S2. The summed E-state index contributed by atoms with van der Waals surface area (Å²) in [4.78, 5) is 35.5. The molecule has 1 heterocycles. The van der Waals surface area contributed by atoms with Crippen LogP contribution in [0.1, 0.15) is 15.9 Å². The Balaban J connectivity index is 1.75. The summed E-state index contributed by atoms with van der Waals surface area (Å²) in [5.41, 5.74) is 1.37. The summed E-state index contributed by atoms with van der Waals surface area (Å²) in [7, 11) is 0. The van der Waals surface area contributed by atoms with Crippen molar-refractivity contribution in [1.82, 2.24) is 0 Å². The van der Waals surface area contributed by atoms with Crippen LogP contribution in [0.4, 0.5) is 11.4 Å². The Kier molecular flexibility index (Phi) is 5.67. The first kappa shape index (κ1) is 19.5. The first-order valence-electron chi connectivity index (χ1n) is 7.89. The summed E-state index contributed by atoms with van der Waals surface area (Å²) in [5.74, 6) is -1.35. The fourth-order valence-corrected chi connectivity index (χ4v) is 3.66. The number of thiocarbonyl (C=S) groups is 1. The van der Waals surface area contributed by atoms with E-state index >= 15 is 0 Å². The van der Waals surface area contributed by atoms with E-state index < -0.39 is 10.9 Å². The molecule has 140 valence electrons. The quantitative estimate of drug-likeness (QED) is 0.339. The van der Waals surface area contributed by atoms with Gasteiger partial charge in [0.1, 0.15) is 0 Å². The topological polar surface area (TPSA) is 101 Å². The number of non-ortho nitro benzene ring substituents is 1. The number of thioether (sulfide) groups is 1. The van der Waals surface area contributed by atoms with Crippen LogP contribution >= 0.6 is 24.0 Å². The van der Waals surface area contributed by atoms with Gasteiger partial charge in [0.15, 0.2) is 4.32 Å². The maximum absolute atomic E-state index is 12.6. The predicted octanol–water partition coefficient (Wildman–Crippen LogP) is 4.26. The van der Waals surface area contributed by atoms with E-state index in [-0.39, 0.29) is 17.2 Å². The molecular weight excluding hydrogens is 400 g/mol. The number of carboxylic acid groups (broad SMARTS) is 1. The van der Waals surface area contributed by atoms with Crippen LogP contribution in [0.2, 0.25) is 0 Å². The molecule has 0 atom stereocenters. The second kappa shape index (κ2) is 8.15. The lowest BCUT2D eigenvalue weighted by Gasteiger charge is -2.14. The molecule has 28 heavy (non-hydrogen) atoms. The molecule has 2 aromatic rings. The Labute approximate surface area is 169 Å². The molecule has 0 aliphatic carbocycles. The molecule has 1 N–H and O–H groups in total. The minimum atomic E-state index is -1.05. The molecule has 0 saturated carbocycles. The van der Waals surface area contributed by atoms with Gasteiger partial charge in [-0.2, -0.15) is 0 Å². The van der Waals surface area contributed by atoms with E-state index in [9.17, 15) is 19.7 Å². The van der Waals surface area contributed by atoms with Gasteiger partial charge in [-0.1, -0.05) is 36.1 Å². The van der Waals surface area contributed by atoms with E-state index in [1.807, 2.05) is 0 Å². The first-order chi connectivity index (χ1) is 13.4. The number of nitrogens with zero attached hydrogens (tertiary/aromatic N) is 2. The number of nitro groups is 1. The van der Waals surface area contributed by atoms with Crippen molar-refractivity contribution in [3.8, 4) is 0 Å². The number of hydrogen-bond acceptors (Lipinski definition) is 6. The molecule has 9 heteroatoms. The smallest absolute Gasteiger partial charge is 0.335 e. The Bertz CT molecular complexity index is 1030. The highest BCUT2D eigenvalue weighted by molar-refractivity contribution is 8.27. The molecule has 0 unspecified atom stereocenters. The summed E-state index contributed by atoms with van der Waals surface area (Å²) in [5, 5.41) is 19.6. The number of carbonyl (C=O) groups is 2. The number of amides is 1. The Morgan fingerprint density at radius 2 is 1.79 bits per heavy atom. The Morgan fingerprint density at radius 3 is 2.36 bits per heavy atom. The van der Waals surface area contributed by atoms with Gasteiger partial charge >= 0.3 is 5.97 Å². The van der Waals surface area contributed by atoms with Crippen LogP contribution in [0, 0.1) is 10.1 Å². The maximum Gasteiger partial charge on any atom is 0.335 e. The van der Waals surface area contributed by atoms with Gasteiger partial charge in [0.2, 0.25) is 0 Å². The van der Waals surface area contributed by atoms with E-state index in [0.717, 1.165) is 17.3 Å². The van der Waals surface area contributed by atoms with Gasteiger partial charge in [-0.15, -0.1) is 0 Å². The number of aromatic carboxylic acids is 1. The van der Waals surface area contributed by atoms with Crippen molar-refractivity contribution < 1.29 is 19.6 Å². The largest absolute Gasteiger partial charge is 0.478 e. The summed E-state index contributed by atoms with van der Waals surface area (Å²) < 4.78 is 0.350. The molecule has 1 aliphatic rings. The molecule has 1 saturated heterocycles. The molecule has 7 nitrogen and oxygen atoms in total. The monoisotopic (exact) mass is 412 g/mol. The van der Waals surface area contributed by atoms with E-state index in [4.69, 9.17) is 17.3 Å². The van der Waals surface area contributed by atoms with E-state index in [1.54, 1.807) is 30.4 Å². The van der Waals surface area contributed by atoms with Gasteiger partial charge in [-0.3, -0.25) is 19.8 Å². The zero-order valence-electron chi connectivity index (χ0n) is 14.1. The highest BCUT2D eigenvalue weighted by Gasteiger charge is 2.32. The zero-order valence-corrected chi connectivity index (χ0v) is 15.8. The van der Waals surface area contributed by atoms with Gasteiger partial charge in [-0.05, 0) is 48.0 Å². The van der Waals surface area contributed by atoms with Gasteiger partial charge in [0.05, 0.1) is 21.1 Å². The number of benzene rings is 2. The molecule has 0 spiro atoms. The standard InChI is InChI=1S/C19H12N2O5S2/c22-17-16(3-1-2-12-4-8-15(9-5-12)21(25)26)28-19(27)20(17)14-10-6-13(7-11-14)18(23)24/h1-11H,(H,23,24)/b2-1+,16-3-. The van der Waals surface area contributed by atoms with Gasteiger partial charge in [0.25, 0.3) is 11.6 Å². The number of allylic oxidation sites excluding steroid dienone is 2. The van der Waals surface area contributed by atoms with Crippen LogP contribution in [0.5, 0.6) is 0 Å². The SMILES string of the molecule is O=C(O)c1ccc(N2C(=O)/C(=C/C=C/c3ccc([N+](=O)[O-])cc3)SC2=S)cc1. The van der Waals surface area contributed by atoms with Crippen molar-refractivity contribution in [3.05, 3.63) is 86.8 Å². The third kappa shape index (κ3) is 4.16. The number of hydrogen-bond donors (Lipinski definition) is 1. The lowest BCUT2D eigenvalue weighted by molar-refractivity contribution is -0.384. The van der Waals surface area contributed by atoms with E-state index in [0.29, 0.717) is 14.9 Å². The molecule has 1 aliphatic heterocycles. The Morgan fingerprint density at radius 1 is 1.14 bits per heavy atom. The minimum absolute atomic E-state index is 0.00642. The van der Waals surface area contributed by atoms with Crippen LogP contribution in [-0.4, -0.2) is 26.2 Å². The van der Waals surface area contributed by atoms with Crippen LogP contribution < -0.4 is 4.90 Å². The molecule has 0 radical (unpaired) electrons. The lowest BCUT2D eigenvalue weighted by Crippen LogP contribution is -2.27. The average molecular weight is 412 g/mol. The van der Waals surface area contributed by atoms with Gasteiger partial charge in [-0.25, -0.2) is 4.79 Å². The van der Waals surface area contributed by atoms with E-state index in [2.05, 4.69) is 0 Å². The van der Waals surface area contributed by atoms with Gasteiger partial charge < -0.3 is 5.11 Å². The second-order valence-corrected chi connectivity index (χ2v) is 7.28. The summed E-state index contributed by atoms with van der Waals surface area (Å²) in [6.07, 6.45) is 5.01. The highest BCUT2D eigenvalue weighted by atomic mass is 32.2. The van der Waals surface area contributed by atoms with Crippen molar-refractivity contribution >= 4 is 57.6 Å². The minimum Gasteiger partial charge on any atom is -0.478 e. The normalized spacial score (nSPS) is 15.6. The second-order valence-electron chi connectivity index (χ2n) is 5.60. The van der Waals surface area contributed by atoms with E-state index in [1.165, 1.54) is 41.3 Å². The maximum atomic E-state index is 12.6. The third-order valence-corrected chi connectivity index (χ3v) is 5.13. The Hall–Kier alpha value is -3.30. The third-order valence-electron chi connectivity index (χ3n) is 3.81. The number of carbonyl (C=O) groups excluding carboxylic acids is 1. The molecule has 0 aromatic heterocycles. The predicted molar refractivity (Wildman–Crippen MR) is 111 cm³/mol. The fourth-order valence-electron chi connectivity index (χ4n) is 2.41. The summed E-state index contributed by atoms with van der Waals surface area (Å²) in [6.45, 7) is 0. The van der Waals surface area contributed by atoms with Crippen LogP contribution in [-0.2, 0) is 4.79 Å². The van der Waals surface area contributed by atoms with Crippen LogP contribution in [0.25, 0.3) is 6.08 Å². The molecule has 3 rings (SSSR count).